The highest BCUT2D eigenvalue weighted by Crippen LogP contribution is 2.27. The van der Waals surface area contributed by atoms with E-state index in [0.717, 1.165) is 5.56 Å². The maximum Gasteiger partial charge on any atom is 0.248 e. The molecule has 132 valence electrons. The van der Waals surface area contributed by atoms with E-state index in [0.29, 0.717) is 23.1 Å². The van der Waals surface area contributed by atoms with Gasteiger partial charge in [0.25, 0.3) is 0 Å². The number of benzene rings is 1. The molecular weight excluding hydrogens is 334 g/mol. The van der Waals surface area contributed by atoms with E-state index in [1.807, 2.05) is 6.07 Å². The molecule has 0 aliphatic rings. The first kappa shape index (κ1) is 17.2. The zero-order chi connectivity index (χ0) is 18.4. The molecule has 1 aromatic carbocycles. The lowest BCUT2D eigenvalue weighted by atomic mass is 10.2. The molecule has 0 atom stereocenters. The van der Waals surface area contributed by atoms with Gasteiger partial charge in [0.05, 0.1) is 32.3 Å². The summed E-state index contributed by atoms with van der Waals surface area (Å²) in [5.74, 6) is 1.41. The largest absolute Gasteiger partial charge is 0.493 e. The summed E-state index contributed by atoms with van der Waals surface area (Å²) in [7, 11) is 3.13. The third-order valence-corrected chi connectivity index (χ3v) is 3.48. The smallest absolute Gasteiger partial charge is 0.248 e. The molecule has 3 aromatic rings. The third kappa shape index (κ3) is 4.04. The molecule has 0 bridgehead atoms. The van der Waals surface area contributed by atoms with Crippen molar-refractivity contribution in [2.75, 3.05) is 19.5 Å². The van der Waals surface area contributed by atoms with Gasteiger partial charge in [-0.1, -0.05) is 6.07 Å². The highest BCUT2D eigenvalue weighted by atomic mass is 16.5. The molecule has 26 heavy (non-hydrogen) atoms. The first-order valence-corrected chi connectivity index (χ1v) is 7.71. The number of imidazole rings is 1. The molecule has 2 aromatic heterocycles. The average molecular weight is 351 g/mol. The van der Waals surface area contributed by atoms with Crippen LogP contribution in [0.3, 0.4) is 0 Å². The van der Waals surface area contributed by atoms with Gasteiger partial charge < -0.3 is 14.8 Å². The van der Waals surface area contributed by atoms with Crippen molar-refractivity contribution in [2.24, 2.45) is 0 Å². The lowest BCUT2D eigenvalue weighted by Gasteiger charge is -2.07. The normalized spacial score (nSPS) is 10.7. The summed E-state index contributed by atoms with van der Waals surface area (Å²) in [6.07, 6.45) is 11.1. The van der Waals surface area contributed by atoms with E-state index in [4.69, 9.17) is 9.47 Å². The van der Waals surface area contributed by atoms with Crippen LogP contribution in [0.5, 0.6) is 11.5 Å². The zero-order valence-electron chi connectivity index (χ0n) is 14.3. The fraction of sp³-hybridized carbons (Fsp3) is 0.111. The number of anilines is 1. The predicted molar refractivity (Wildman–Crippen MR) is 96.4 cm³/mol. The summed E-state index contributed by atoms with van der Waals surface area (Å²) < 4.78 is 12.1. The van der Waals surface area contributed by atoms with Crippen molar-refractivity contribution < 1.29 is 14.3 Å². The molecule has 0 unspecified atom stereocenters. The lowest BCUT2D eigenvalue weighted by molar-refractivity contribution is -0.111. The van der Waals surface area contributed by atoms with E-state index in [1.54, 1.807) is 55.7 Å². The van der Waals surface area contributed by atoms with Crippen molar-refractivity contribution in [2.45, 2.75) is 0 Å². The number of methoxy groups -OCH3 is 2. The number of aromatic nitrogens is 4. The second kappa shape index (κ2) is 7.93. The van der Waals surface area contributed by atoms with Crippen LogP contribution in [0.4, 0.5) is 5.69 Å². The van der Waals surface area contributed by atoms with E-state index in [1.165, 1.54) is 18.5 Å². The van der Waals surface area contributed by atoms with Crippen LogP contribution in [0.15, 0.2) is 55.4 Å². The predicted octanol–water partition coefficient (Wildman–Crippen LogP) is 2.33. The number of ether oxygens (including phenoxy) is 2. The van der Waals surface area contributed by atoms with Gasteiger partial charge in [-0.2, -0.15) is 0 Å². The fourth-order valence-electron chi connectivity index (χ4n) is 2.21. The lowest BCUT2D eigenvalue weighted by Crippen LogP contribution is -2.09. The Labute approximate surface area is 150 Å². The molecule has 0 radical (unpaired) electrons. The van der Waals surface area contributed by atoms with Gasteiger partial charge in [-0.25, -0.2) is 15.0 Å². The molecule has 3 rings (SSSR count). The SMILES string of the molecule is COc1ccc(C=CC(=O)Nc2cnc(-n3ccnc3)nc2)cc1OC. The Morgan fingerprint density at radius 3 is 2.58 bits per heavy atom. The standard InChI is InChI=1S/C18H17N5O3/c1-25-15-5-3-13(9-16(15)26-2)4-6-17(24)22-14-10-20-18(21-11-14)23-8-7-19-12-23/h3-12H,1-2H3,(H,22,24). The second-order valence-electron chi connectivity index (χ2n) is 5.18. The molecule has 0 saturated heterocycles. The van der Waals surface area contributed by atoms with E-state index in [9.17, 15) is 4.79 Å². The minimum Gasteiger partial charge on any atom is -0.493 e. The molecule has 1 amide bonds. The maximum absolute atomic E-state index is 12.1. The Balaban J connectivity index is 1.64. The van der Waals surface area contributed by atoms with Crippen LogP contribution in [-0.4, -0.2) is 39.6 Å². The molecule has 1 N–H and O–H groups in total. The van der Waals surface area contributed by atoms with Gasteiger partial charge in [-0.05, 0) is 23.8 Å². The summed E-state index contributed by atoms with van der Waals surface area (Å²) in [5.41, 5.74) is 1.31. The topological polar surface area (TPSA) is 91.2 Å². The van der Waals surface area contributed by atoms with Crippen molar-refractivity contribution >= 4 is 17.7 Å². The summed E-state index contributed by atoms with van der Waals surface area (Å²) >= 11 is 0. The Morgan fingerprint density at radius 2 is 1.92 bits per heavy atom. The average Bonchev–Trinajstić information content (AvgIpc) is 3.21. The van der Waals surface area contributed by atoms with E-state index in [2.05, 4.69) is 20.3 Å². The first-order chi connectivity index (χ1) is 12.7. The van der Waals surface area contributed by atoms with Crippen LogP contribution in [0, 0.1) is 0 Å². The molecule has 0 saturated carbocycles. The van der Waals surface area contributed by atoms with Gasteiger partial charge in [-0.3, -0.25) is 9.36 Å². The number of carbonyl (C=O) groups excluding carboxylic acids is 1. The van der Waals surface area contributed by atoms with Gasteiger partial charge in [0.1, 0.15) is 6.33 Å². The summed E-state index contributed by atoms with van der Waals surface area (Å²) in [6, 6.07) is 5.39. The number of nitrogens with zero attached hydrogens (tertiary/aromatic N) is 4. The van der Waals surface area contributed by atoms with Crippen LogP contribution in [-0.2, 0) is 4.79 Å². The number of carbonyl (C=O) groups is 1. The molecule has 8 nitrogen and oxygen atoms in total. The van der Waals surface area contributed by atoms with E-state index in [-0.39, 0.29) is 5.91 Å². The van der Waals surface area contributed by atoms with Gasteiger partial charge in [-0.15, -0.1) is 0 Å². The number of amides is 1. The van der Waals surface area contributed by atoms with Crippen LogP contribution < -0.4 is 14.8 Å². The van der Waals surface area contributed by atoms with Crippen molar-refractivity contribution in [3.8, 4) is 17.4 Å². The Bertz CT molecular complexity index is 905. The molecular formula is C18H17N5O3. The summed E-state index contributed by atoms with van der Waals surface area (Å²) in [5, 5.41) is 2.70. The van der Waals surface area contributed by atoms with E-state index < -0.39 is 0 Å². The Kier molecular flexibility index (Phi) is 5.23. The van der Waals surface area contributed by atoms with Crippen molar-refractivity contribution in [1.82, 2.24) is 19.5 Å². The number of hydrogen-bond acceptors (Lipinski definition) is 6. The highest BCUT2D eigenvalue weighted by molar-refractivity contribution is 6.01. The first-order valence-electron chi connectivity index (χ1n) is 7.71. The van der Waals surface area contributed by atoms with Crippen molar-refractivity contribution in [3.63, 3.8) is 0 Å². The maximum atomic E-state index is 12.1. The minimum absolute atomic E-state index is 0.293. The Hall–Kier alpha value is -3.68. The third-order valence-electron chi connectivity index (χ3n) is 3.48. The van der Waals surface area contributed by atoms with Gasteiger partial charge in [0, 0.05) is 18.5 Å². The van der Waals surface area contributed by atoms with Gasteiger partial charge in [0.2, 0.25) is 11.9 Å². The second-order valence-corrected chi connectivity index (χ2v) is 5.18. The summed E-state index contributed by atoms with van der Waals surface area (Å²) in [4.78, 5) is 24.3. The van der Waals surface area contributed by atoms with E-state index >= 15 is 0 Å². The number of rotatable bonds is 6. The number of hydrogen-bond donors (Lipinski definition) is 1. The van der Waals surface area contributed by atoms with Crippen molar-refractivity contribution in [3.05, 3.63) is 61.0 Å². The molecule has 2 heterocycles. The minimum atomic E-state index is -0.293. The fourth-order valence-corrected chi connectivity index (χ4v) is 2.21. The van der Waals surface area contributed by atoms with Gasteiger partial charge >= 0.3 is 0 Å². The Morgan fingerprint density at radius 1 is 1.15 bits per heavy atom. The molecule has 0 spiro atoms. The van der Waals surface area contributed by atoms with Crippen LogP contribution in [0.2, 0.25) is 0 Å². The number of nitrogens with one attached hydrogen (secondary N) is 1. The zero-order valence-corrected chi connectivity index (χ0v) is 14.3. The van der Waals surface area contributed by atoms with Crippen LogP contribution >= 0.6 is 0 Å². The monoisotopic (exact) mass is 351 g/mol. The molecule has 0 aliphatic carbocycles. The van der Waals surface area contributed by atoms with Crippen molar-refractivity contribution in [1.29, 1.82) is 0 Å². The molecule has 8 heteroatoms. The molecule has 0 aliphatic heterocycles. The van der Waals surface area contributed by atoms with Crippen LogP contribution in [0.25, 0.3) is 12.0 Å². The highest BCUT2D eigenvalue weighted by Gasteiger charge is 2.04. The van der Waals surface area contributed by atoms with Gasteiger partial charge in [0.15, 0.2) is 11.5 Å². The summed E-state index contributed by atoms with van der Waals surface area (Å²) in [6.45, 7) is 0. The van der Waals surface area contributed by atoms with Crippen LogP contribution in [0.1, 0.15) is 5.56 Å². The quantitative estimate of drug-likeness (QED) is 0.686. The molecule has 0 fully saturated rings.